The van der Waals surface area contributed by atoms with Gasteiger partial charge < -0.3 is 4.98 Å². The Hall–Kier alpha value is -2.70. The van der Waals surface area contributed by atoms with Crippen molar-refractivity contribution in [2.24, 2.45) is 0 Å². The average Bonchev–Trinajstić information content (AvgIpc) is 3.30. The lowest BCUT2D eigenvalue weighted by molar-refractivity contribution is -0.123. The maximum atomic E-state index is 13.0. The van der Waals surface area contributed by atoms with Crippen LogP contribution in [-0.2, 0) is 9.59 Å². The Balaban J connectivity index is 1.29. The molecule has 2 aromatic carbocycles. The number of imide groups is 1. The van der Waals surface area contributed by atoms with E-state index in [-0.39, 0.29) is 18.2 Å². The molecule has 0 spiro atoms. The Morgan fingerprint density at radius 2 is 1.72 bits per heavy atom. The molecule has 2 saturated heterocycles. The Bertz CT molecular complexity index is 1050. The monoisotopic (exact) mass is 408 g/mol. The highest BCUT2D eigenvalue weighted by molar-refractivity contribution is 6.36. The Morgan fingerprint density at radius 3 is 2.48 bits per heavy atom. The summed E-state index contributed by atoms with van der Waals surface area (Å²) < 4.78 is 0. The number of aromatic amines is 1. The molecule has 1 aromatic heterocycles. The summed E-state index contributed by atoms with van der Waals surface area (Å²) in [6, 6.07) is 14.6. The zero-order valence-electron chi connectivity index (χ0n) is 15.8. The van der Waals surface area contributed by atoms with E-state index < -0.39 is 6.04 Å². The summed E-state index contributed by atoms with van der Waals surface area (Å²) in [5, 5.41) is 0.415. The van der Waals surface area contributed by atoms with Gasteiger partial charge in [-0.1, -0.05) is 35.9 Å². The van der Waals surface area contributed by atoms with Crippen molar-refractivity contribution in [1.29, 1.82) is 0 Å². The maximum Gasteiger partial charge on any atom is 0.251 e. The number of hydrogen-bond donors (Lipinski definition) is 1. The molecular weight excluding hydrogens is 388 g/mol. The highest BCUT2D eigenvalue weighted by atomic mass is 35.5. The van der Waals surface area contributed by atoms with Crippen LogP contribution >= 0.6 is 11.6 Å². The van der Waals surface area contributed by atoms with Crippen LogP contribution in [0.3, 0.4) is 0 Å². The number of likely N-dealkylation sites (tertiary alicyclic amines) is 1. The van der Waals surface area contributed by atoms with Gasteiger partial charge >= 0.3 is 0 Å². The fourth-order valence-electron chi connectivity index (χ4n) is 4.44. The number of piperidine rings is 1. The number of anilines is 1. The fraction of sp³-hybridized carbons (Fsp3) is 0.318. The van der Waals surface area contributed by atoms with Crippen LogP contribution in [0.5, 0.6) is 0 Å². The highest BCUT2D eigenvalue weighted by Gasteiger charge is 2.44. The smallest absolute Gasteiger partial charge is 0.251 e. The molecular formula is C22H21ClN4O2. The number of benzene rings is 2. The first-order valence-corrected chi connectivity index (χ1v) is 10.3. The largest absolute Gasteiger partial charge is 0.342 e. The van der Waals surface area contributed by atoms with E-state index in [1.807, 2.05) is 24.3 Å². The summed E-state index contributed by atoms with van der Waals surface area (Å²) in [4.78, 5) is 37.1. The van der Waals surface area contributed by atoms with Gasteiger partial charge in [0.25, 0.3) is 5.91 Å². The molecule has 3 aromatic rings. The number of hydrogen-bond acceptors (Lipinski definition) is 4. The molecule has 0 aliphatic carbocycles. The predicted octanol–water partition coefficient (Wildman–Crippen LogP) is 3.73. The van der Waals surface area contributed by atoms with Crippen molar-refractivity contribution >= 4 is 40.1 Å². The molecule has 0 bridgehead atoms. The summed E-state index contributed by atoms with van der Waals surface area (Å²) in [5.41, 5.74) is 2.51. The van der Waals surface area contributed by atoms with Crippen molar-refractivity contribution in [3.8, 4) is 0 Å². The topological polar surface area (TPSA) is 69.3 Å². The first-order valence-electron chi connectivity index (χ1n) is 9.92. The van der Waals surface area contributed by atoms with Crippen molar-refractivity contribution in [3.05, 3.63) is 59.4 Å². The second kappa shape index (κ2) is 7.28. The van der Waals surface area contributed by atoms with Crippen LogP contribution in [0.4, 0.5) is 5.69 Å². The van der Waals surface area contributed by atoms with Gasteiger partial charge in [-0.25, -0.2) is 9.88 Å². The van der Waals surface area contributed by atoms with Crippen molar-refractivity contribution < 1.29 is 9.59 Å². The lowest BCUT2D eigenvalue weighted by atomic mass is 9.95. The third kappa shape index (κ3) is 3.22. The molecule has 2 amide bonds. The molecule has 6 nitrogen and oxygen atoms in total. The van der Waals surface area contributed by atoms with Crippen LogP contribution in [0, 0.1) is 0 Å². The van der Waals surface area contributed by atoms with Gasteiger partial charge in [0.05, 0.1) is 34.2 Å². The number of nitrogens with zero attached hydrogens (tertiary/aromatic N) is 3. The van der Waals surface area contributed by atoms with Crippen LogP contribution in [0.1, 0.15) is 31.0 Å². The zero-order chi connectivity index (χ0) is 20.0. The van der Waals surface area contributed by atoms with Crippen LogP contribution in [0.25, 0.3) is 11.0 Å². The van der Waals surface area contributed by atoms with Crippen molar-refractivity contribution in [2.75, 3.05) is 18.0 Å². The number of H-pyrrole nitrogens is 1. The van der Waals surface area contributed by atoms with Gasteiger partial charge in [-0.15, -0.1) is 0 Å². The second-order valence-electron chi connectivity index (χ2n) is 7.69. The second-order valence-corrected chi connectivity index (χ2v) is 8.10. The SMILES string of the molecule is O=C1C[C@H](N2CCC(c3nc4ccccc4[nH]3)CC2)C(=O)N1c1ccccc1Cl. The van der Waals surface area contributed by atoms with E-state index >= 15 is 0 Å². The number of amides is 2. The fourth-order valence-corrected chi connectivity index (χ4v) is 4.66. The number of halogens is 1. The summed E-state index contributed by atoms with van der Waals surface area (Å²) in [6.07, 6.45) is 2.02. The molecule has 1 atom stereocenters. The zero-order valence-corrected chi connectivity index (χ0v) is 16.6. The standard InChI is InChI=1S/C22H21ClN4O2/c23-15-5-1-4-8-18(15)27-20(28)13-19(22(27)29)26-11-9-14(10-12-26)21-24-16-6-2-3-7-17(16)25-21/h1-8,14,19H,9-13H2,(H,24,25)/t19-/m0/s1. The first kappa shape index (κ1) is 18.3. The molecule has 2 fully saturated rings. The number of aromatic nitrogens is 2. The molecule has 148 valence electrons. The first-order chi connectivity index (χ1) is 14.1. The van der Waals surface area contributed by atoms with Crippen molar-refractivity contribution in [1.82, 2.24) is 14.9 Å². The van der Waals surface area contributed by atoms with Gasteiger partial charge in [-0.3, -0.25) is 14.5 Å². The third-order valence-corrected chi connectivity index (χ3v) is 6.30. The van der Waals surface area contributed by atoms with Crippen LogP contribution in [0.2, 0.25) is 5.02 Å². The molecule has 0 saturated carbocycles. The number of carbonyl (C=O) groups is 2. The van der Waals surface area contributed by atoms with Crippen LogP contribution < -0.4 is 4.90 Å². The van der Waals surface area contributed by atoms with Gasteiger partial charge in [0.15, 0.2) is 0 Å². The van der Waals surface area contributed by atoms with E-state index in [2.05, 4.69) is 9.88 Å². The molecule has 2 aliphatic rings. The molecule has 1 N–H and O–H groups in total. The normalized spacial score (nSPS) is 21.4. The minimum Gasteiger partial charge on any atom is -0.342 e. The number of carbonyl (C=O) groups excluding carboxylic acids is 2. The summed E-state index contributed by atoms with van der Waals surface area (Å²) >= 11 is 6.22. The van der Waals surface area contributed by atoms with E-state index in [1.165, 1.54) is 4.90 Å². The third-order valence-electron chi connectivity index (χ3n) is 5.98. The van der Waals surface area contributed by atoms with E-state index in [1.54, 1.807) is 24.3 Å². The highest BCUT2D eigenvalue weighted by Crippen LogP contribution is 2.34. The van der Waals surface area contributed by atoms with Gasteiger partial charge in [-0.2, -0.15) is 0 Å². The molecule has 5 rings (SSSR count). The molecule has 7 heteroatoms. The molecule has 2 aliphatic heterocycles. The summed E-state index contributed by atoms with van der Waals surface area (Å²) in [5.74, 6) is 0.987. The maximum absolute atomic E-state index is 13.0. The summed E-state index contributed by atoms with van der Waals surface area (Å²) in [6.45, 7) is 1.53. The lowest BCUT2D eigenvalue weighted by Gasteiger charge is -2.34. The Morgan fingerprint density at radius 1 is 1.00 bits per heavy atom. The molecule has 0 radical (unpaired) electrons. The van der Waals surface area contributed by atoms with E-state index in [0.29, 0.717) is 16.6 Å². The van der Waals surface area contributed by atoms with Gasteiger partial charge in [-0.05, 0) is 50.2 Å². The predicted molar refractivity (Wildman–Crippen MR) is 112 cm³/mol. The molecule has 0 unspecified atom stereocenters. The van der Waals surface area contributed by atoms with E-state index in [0.717, 1.165) is 42.8 Å². The van der Waals surface area contributed by atoms with Crippen LogP contribution in [-0.4, -0.2) is 45.8 Å². The van der Waals surface area contributed by atoms with Crippen molar-refractivity contribution in [2.45, 2.75) is 31.2 Å². The van der Waals surface area contributed by atoms with Crippen molar-refractivity contribution in [3.63, 3.8) is 0 Å². The van der Waals surface area contributed by atoms with Gasteiger partial charge in [0.1, 0.15) is 5.82 Å². The van der Waals surface area contributed by atoms with Gasteiger partial charge in [0.2, 0.25) is 5.91 Å². The van der Waals surface area contributed by atoms with Gasteiger partial charge in [0, 0.05) is 5.92 Å². The number of imidazole rings is 1. The quantitative estimate of drug-likeness (QED) is 0.670. The molecule has 29 heavy (non-hydrogen) atoms. The van der Waals surface area contributed by atoms with E-state index in [9.17, 15) is 9.59 Å². The number of fused-ring (bicyclic) bond motifs is 1. The minimum absolute atomic E-state index is 0.176. The number of rotatable bonds is 3. The number of para-hydroxylation sites is 3. The van der Waals surface area contributed by atoms with E-state index in [4.69, 9.17) is 16.6 Å². The minimum atomic E-state index is -0.407. The Labute approximate surface area is 173 Å². The average molecular weight is 409 g/mol. The number of nitrogens with one attached hydrogen (secondary N) is 1. The summed E-state index contributed by atoms with van der Waals surface area (Å²) in [7, 11) is 0. The lowest BCUT2D eigenvalue weighted by Crippen LogP contribution is -2.45. The molecule has 3 heterocycles. The van der Waals surface area contributed by atoms with Crippen LogP contribution in [0.15, 0.2) is 48.5 Å². The Kier molecular flexibility index (Phi) is 4.60.